The summed E-state index contributed by atoms with van der Waals surface area (Å²) in [5.74, 6) is -0.443. The summed E-state index contributed by atoms with van der Waals surface area (Å²) >= 11 is 0. The first-order valence-corrected chi connectivity index (χ1v) is 10.6. The van der Waals surface area contributed by atoms with Crippen LogP contribution in [0.1, 0.15) is 45.8 Å². The van der Waals surface area contributed by atoms with Crippen LogP contribution in [0.25, 0.3) is 0 Å². The van der Waals surface area contributed by atoms with E-state index in [2.05, 4.69) is 15.5 Å². The number of hydrogen-bond acceptors (Lipinski definition) is 8. The van der Waals surface area contributed by atoms with Gasteiger partial charge in [-0.15, -0.1) is 5.10 Å². The van der Waals surface area contributed by atoms with Crippen LogP contribution in [0.2, 0.25) is 0 Å². The molecular formula is C23H25N5O5. The Hall–Kier alpha value is -3.95. The van der Waals surface area contributed by atoms with Crippen molar-refractivity contribution in [2.75, 3.05) is 7.11 Å². The van der Waals surface area contributed by atoms with E-state index in [1.165, 1.54) is 23.9 Å². The highest BCUT2D eigenvalue weighted by molar-refractivity contribution is 6.02. The molecule has 1 N–H and O–H groups in total. The van der Waals surface area contributed by atoms with Crippen LogP contribution in [0.5, 0.6) is 5.75 Å². The van der Waals surface area contributed by atoms with Crippen molar-refractivity contribution >= 4 is 17.5 Å². The molecule has 0 unspecified atom stereocenters. The summed E-state index contributed by atoms with van der Waals surface area (Å²) < 4.78 is 8.19. The second-order valence-electron chi connectivity index (χ2n) is 7.85. The minimum Gasteiger partial charge on any atom is -0.508 e. The number of nitrogens with zero attached hydrogens (tertiary/aromatic N) is 5. The molecule has 0 saturated heterocycles. The molecule has 0 fully saturated rings. The number of aromatic nitrogens is 4. The summed E-state index contributed by atoms with van der Waals surface area (Å²) in [7, 11) is 1.38. The summed E-state index contributed by atoms with van der Waals surface area (Å²) in [6.07, 6.45) is 4.18. The van der Waals surface area contributed by atoms with Crippen LogP contribution in [-0.2, 0) is 40.5 Å². The van der Waals surface area contributed by atoms with Crippen LogP contribution in [0.3, 0.4) is 0 Å². The highest BCUT2D eigenvalue weighted by Crippen LogP contribution is 2.26. The van der Waals surface area contributed by atoms with Gasteiger partial charge >= 0.3 is 5.97 Å². The van der Waals surface area contributed by atoms with E-state index in [9.17, 15) is 14.7 Å². The van der Waals surface area contributed by atoms with E-state index in [1.54, 1.807) is 18.3 Å². The van der Waals surface area contributed by atoms with Gasteiger partial charge in [-0.25, -0.2) is 4.68 Å². The van der Waals surface area contributed by atoms with Crippen molar-refractivity contribution < 1.29 is 24.3 Å². The topological polar surface area (TPSA) is 121 Å². The molecule has 172 valence electrons. The Morgan fingerprint density at radius 2 is 2.06 bits per heavy atom. The molecule has 0 bridgehead atoms. The largest absolute Gasteiger partial charge is 0.508 e. The fourth-order valence-electron chi connectivity index (χ4n) is 3.89. The fraction of sp³-hybridized carbons (Fsp3) is 0.348. The number of carbonyl (C=O) groups excluding carboxylic acids is 2. The van der Waals surface area contributed by atoms with Crippen LogP contribution in [-0.4, -0.2) is 49.2 Å². The number of rotatable bonds is 8. The van der Waals surface area contributed by atoms with E-state index in [0.717, 1.165) is 41.9 Å². The maximum atomic E-state index is 12.3. The van der Waals surface area contributed by atoms with Gasteiger partial charge in [0, 0.05) is 22.5 Å². The number of benzene rings is 1. The molecule has 1 aliphatic carbocycles. The van der Waals surface area contributed by atoms with E-state index in [0.29, 0.717) is 11.3 Å². The lowest BCUT2D eigenvalue weighted by atomic mass is 9.96. The van der Waals surface area contributed by atoms with Crippen molar-refractivity contribution in [1.29, 1.82) is 0 Å². The normalized spacial score (nSPS) is 14.2. The summed E-state index contributed by atoms with van der Waals surface area (Å²) in [4.78, 5) is 29.6. The van der Waals surface area contributed by atoms with Crippen LogP contribution in [0, 0.1) is 6.92 Å². The maximum absolute atomic E-state index is 12.3. The van der Waals surface area contributed by atoms with Crippen LogP contribution >= 0.6 is 0 Å². The molecule has 10 heteroatoms. The van der Waals surface area contributed by atoms with Gasteiger partial charge in [0.25, 0.3) is 0 Å². The number of ketones is 1. The monoisotopic (exact) mass is 451 g/mol. The van der Waals surface area contributed by atoms with E-state index < -0.39 is 0 Å². The third-order valence-electron chi connectivity index (χ3n) is 5.52. The van der Waals surface area contributed by atoms with Gasteiger partial charge in [-0.1, -0.05) is 22.5 Å². The first kappa shape index (κ1) is 22.3. The Kier molecular flexibility index (Phi) is 6.53. The average Bonchev–Trinajstić information content (AvgIpc) is 3.38. The molecule has 1 aromatic carbocycles. The molecule has 0 atom stereocenters. The number of methoxy groups -OCH3 is 1. The molecule has 0 saturated carbocycles. The fourth-order valence-corrected chi connectivity index (χ4v) is 3.89. The van der Waals surface area contributed by atoms with Crippen LogP contribution in [0.15, 0.2) is 41.7 Å². The van der Waals surface area contributed by atoms with Gasteiger partial charge in [0.2, 0.25) is 0 Å². The van der Waals surface area contributed by atoms with Gasteiger partial charge in [-0.2, -0.15) is 0 Å². The predicted octanol–water partition coefficient (Wildman–Crippen LogP) is 2.41. The predicted molar refractivity (Wildman–Crippen MR) is 118 cm³/mol. The van der Waals surface area contributed by atoms with Gasteiger partial charge in [0.05, 0.1) is 19.0 Å². The molecule has 0 aliphatic heterocycles. The number of hydrogen-bond donors (Lipinski definition) is 1. The quantitative estimate of drug-likeness (QED) is 0.317. The van der Waals surface area contributed by atoms with Crippen molar-refractivity contribution in [1.82, 2.24) is 19.6 Å². The minimum atomic E-state index is -0.289. The smallest absolute Gasteiger partial charge is 0.325 e. The number of aryl methyl sites for hydroxylation is 1. The van der Waals surface area contributed by atoms with Crippen molar-refractivity contribution in [3.8, 4) is 5.75 Å². The number of phenols is 1. The summed E-state index contributed by atoms with van der Waals surface area (Å²) in [6.45, 7) is 2.24. The Morgan fingerprint density at radius 1 is 1.21 bits per heavy atom. The Labute approximate surface area is 190 Å². The molecule has 0 spiro atoms. The van der Waals surface area contributed by atoms with E-state index in [1.807, 2.05) is 17.6 Å². The van der Waals surface area contributed by atoms with E-state index >= 15 is 0 Å². The number of fused-ring (bicyclic) bond motifs is 1. The molecule has 0 amide bonds. The molecule has 2 aromatic heterocycles. The molecule has 10 nitrogen and oxygen atoms in total. The molecule has 3 aromatic rings. The third-order valence-corrected chi connectivity index (χ3v) is 5.52. The molecule has 33 heavy (non-hydrogen) atoms. The highest BCUT2D eigenvalue weighted by Gasteiger charge is 2.23. The highest BCUT2D eigenvalue weighted by atomic mass is 16.6. The minimum absolute atomic E-state index is 0.00131. The molecule has 2 heterocycles. The number of phenolic OH excluding ortho intramolecular Hbond substituents is 1. The summed E-state index contributed by atoms with van der Waals surface area (Å²) in [5.41, 5.74) is 4.79. The Balaban J connectivity index is 1.39. The summed E-state index contributed by atoms with van der Waals surface area (Å²) in [6, 6.07) is 8.19. The number of aromatic hydroxyl groups is 1. The van der Waals surface area contributed by atoms with Crippen molar-refractivity contribution in [3.05, 3.63) is 64.7 Å². The van der Waals surface area contributed by atoms with Crippen LogP contribution < -0.4 is 0 Å². The van der Waals surface area contributed by atoms with Gasteiger partial charge in [0.15, 0.2) is 12.4 Å². The first-order valence-electron chi connectivity index (χ1n) is 10.6. The lowest BCUT2D eigenvalue weighted by Gasteiger charge is -2.17. The standard InChI is InChI=1S/C23H25N5O5/c1-15-9-19-20(7-4-8-21(19)28(15)13-23(31)32-2)25-33-14-17-11-27(26-24-17)12-22(30)16-5-3-6-18(29)10-16/h3,5-6,9-11,29H,4,7-8,12-14H2,1-2H3/b25-20-. The molecule has 1 aliphatic rings. The number of carbonyl (C=O) groups is 2. The van der Waals surface area contributed by atoms with Crippen LogP contribution in [0.4, 0.5) is 0 Å². The number of esters is 1. The maximum Gasteiger partial charge on any atom is 0.325 e. The van der Waals surface area contributed by atoms with Crippen molar-refractivity contribution in [2.24, 2.45) is 5.16 Å². The van der Waals surface area contributed by atoms with Gasteiger partial charge < -0.3 is 19.2 Å². The number of ether oxygens (including phenoxy) is 1. The van der Waals surface area contributed by atoms with Gasteiger partial charge in [-0.3, -0.25) is 9.59 Å². The second-order valence-corrected chi connectivity index (χ2v) is 7.85. The van der Waals surface area contributed by atoms with Gasteiger partial charge in [-0.05, 0) is 44.4 Å². The Morgan fingerprint density at radius 3 is 2.85 bits per heavy atom. The molecule has 0 radical (unpaired) electrons. The SMILES string of the molecule is COC(=O)Cn1c(C)cc2c1CCC/C2=N/OCc1cn(CC(=O)c2cccc(O)c2)nn1. The van der Waals surface area contributed by atoms with Gasteiger partial charge in [0.1, 0.15) is 24.5 Å². The first-order chi connectivity index (χ1) is 15.9. The molecular weight excluding hydrogens is 426 g/mol. The average molecular weight is 451 g/mol. The third kappa shape index (κ3) is 5.11. The zero-order valence-electron chi connectivity index (χ0n) is 18.5. The zero-order chi connectivity index (χ0) is 23.4. The number of Topliss-reactive ketones (excluding diaryl/α,β-unsaturated/α-hetero) is 1. The zero-order valence-corrected chi connectivity index (χ0v) is 18.5. The molecule has 4 rings (SSSR count). The van der Waals surface area contributed by atoms with Crippen molar-refractivity contribution in [3.63, 3.8) is 0 Å². The van der Waals surface area contributed by atoms with E-state index in [4.69, 9.17) is 9.57 Å². The Bertz CT molecular complexity index is 1210. The van der Waals surface area contributed by atoms with E-state index in [-0.39, 0.29) is 37.2 Å². The lowest BCUT2D eigenvalue weighted by Crippen LogP contribution is -2.19. The number of oxime groups is 1. The second kappa shape index (κ2) is 9.68. The van der Waals surface area contributed by atoms with Crippen molar-refractivity contribution in [2.45, 2.75) is 45.9 Å². The summed E-state index contributed by atoms with van der Waals surface area (Å²) in [5, 5.41) is 21.8. The lowest BCUT2D eigenvalue weighted by molar-refractivity contribution is -0.141.